The Kier molecular flexibility index (Phi) is 5.50. The van der Waals surface area contributed by atoms with Gasteiger partial charge in [-0.05, 0) is 76.5 Å². The summed E-state index contributed by atoms with van der Waals surface area (Å²) >= 11 is 0. The van der Waals surface area contributed by atoms with E-state index in [0.717, 1.165) is 23.8 Å². The first-order valence-corrected chi connectivity index (χ1v) is 8.09. The summed E-state index contributed by atoms with van der Waals surface area (Å²) in [5, 5.41) is 3.29. The lowest BCUT2D eigenvalue weighted by Gasteiger charge is -2.44. The molecule has 0 spiro atoms. The first-order valence-electron chi connectivity index (χ1n) is 8.09. The van der Waals surface area contributed by atoms with Crippen LogP contribution in [0.4, 0.5) is 0 Å². The summed E-state index contributed by atoms with van der Waals surface area (Å²) in [6, 6.07) is 0.888. The van der Waals surface area contributed by atoms with Crippen molar-refractivity contribution in [3.8, 4) is 0 Å². The molecule has 3 atom stereocenters. The highest BCUT2D eigenvalue weighted by molar-refractivity contribution is 4.86. The molecule has 0 aromatic carbocycles. The Hall–Kier alpha value is -0.0800. The van der Waals surface area contributed by atoms with Crippen molar-refractivity contribution in [1.82, 2.24) is 10.2 Å². The van der Waals surface area contributed by atoms with Gasteiger partial charge in [0.2, 0.25) is 0 Å². The van der Waals surface area contributed by atoms with Crippen LogP contribution in [-0.2, 0) is 0 Å². The third-order valence-electron chi connectivity index (χ3n) is 5.34. The van der Waals surface area contributed by atoms with Gasteiger partial charge in [-0.3, -0.25) is 0 Å². The normalized spacial score (nSPS) is 35.8. The van der Waals surface area contributed by atoms with E-state index in [9.17, 15) is 0 Å². The molecule has 2 fully saturated rings. The first-order chi connectivity index (χ1) is 8.70. The fraction of sp³-hybridized carbons (Fsp3) is 1.00. The number of hydrogen-bond acceptors (Lipinski definition) is 2. The Labute approximate surface area is 114 Å². The van der Waals surface area contributed by atoms with Gasteiger partial charge in [0, 0.05) is 6.04 Å². The second kappa shape index (κ2) is 6.91. The van der Waals surface area contributed by atoms with E-state index < -0.39 is 0 Å². The molecule has 18 heavy (non-hydrogen) atoms. The van der Waals surface area contributed by atoms with Crippen LogP contribution in [0, 0.1) is 17.8 Å². The van der Waals surface area contributed by atoms with Crippen LogP contribution in [-0.4, -0.2) is 37.6 Å². The molecule has 1 saturated carbocycles. The minimum absolute atomic E-state index is 0.888. The standard InChI is InChI=1S/C16H32N2/c1-13-4-5-14(2)16(12-13)18-10-7-15(8-11-18)6-9-17-3/h13-17H,4-12H2,1-3H3. The smallest absolute Gasteiger partial charge is 0.0123 e. The highest BCUT2D eigenvalue weighted by atomic mass is 15.2. The Morgan fingerprint density at radius 3 is 2.44 bits per heavy atom. The van der Waals surface area contributed by atoms with Gasteiger partial charge < -0.3 is 10.2 Å². The van der Waals surface area contributed by atoms with E-state index in [1.165, 1.54) is 58.2 Å². The third kappa shape index (κ3) is 3.71. The lowest BCUT2D eigenvalue weighted by atomic mass is 9.78. The van der Waals surface area contributed by atoms with Crippen molar-refractivity contribution < 1.29 is 0 Å². The van der Waals surface area contributed by atoms with E-state index in [4.69, 9.17) is 0 Å². The van der Waals surface area contributed by atoms with Crippen LogP contribution < -0.4 is 5.32 Å². The van der Waals surface area contributed by atoms with Crippen molar-refractivity contribution in [3.05, 3.63) is 0 Å². The van der Waals surface area contributed by atoms with Gasteiger partial charge >= 0.3 is 0 Å². The summed E-state index contributed by atoms with van der Waals surface area (Å²) in [5.41, 5.74) is 0. The predicted octanol–water partition coefficient (Wildman–Crippen LogP) is 3.13. The van der Waals surface area contributed by atoms with Gasteiger partial charge in [0.1, 0.15) is 0 Å². The topological polar surface area (TPSA) is 15.3 Å². The zero-order chi connectivity index (χ0) is 13.0. The number of nitrogens with zero attached hydrogens (tertiary/aromatic N) is 1. The second-order valence-corrected chi connectivity index (χ2v) is 6.83. The molecule has 1 aliphatic heterocycles. The van der Waals surface area contributed by atoms with Gasteiger partial charge in [-0.1, -0.05) is 20.3 Å². The van der Waals surface area contributed by atoms with E-state index in [2.05, 4.69) is 31.1 Å². The van der Waals surface area contributed by atoms with Crippen molar-refractivity contribution in [1.29, 1.82) is 0 Å². The fourth-order valence-corrected chi connectivity index (χ4v) is 3.93. The van der Waals surface area contributed by atoms with Crippen LogP contribution in [0.3, 0.4) is 0 Å². The van der Waals surface area contributed by atoms with Gasteiger partial charge in [0.05, 0.1) is 0 Å². The molecular formula is C16H32N2. The number of piperidine rings is 1. The maximum Gasteiger partial charge on any atom is 0.0123 e. The molecule has 1 N–H and O–H groups in total. The molecule has 0 aromatic heterocycles. The molecule has 0 bridgehead atoms. The molecule has 106 valence electrons. The highest BCUT2D eigenvalue weighted by Crippen LogP contribution is 2.34. The van der Waals surface area contributed by atoms with Gasteiger partial charge in [-0.25, -0.2) is 0 Å². The lowest BCUT2D eigenvalue weighted by molar-refractivity contribution is 0.0580. The van der Waals surface area contributed by atoms with E-state index in [-0.39, 0.29) is 0 Å². The van der Waals surface area contributed by atoms with Crippen LogP contribution in [0.15, 0.2) is 0 Å². The van der Waals surface area contributed by atoms with Crippen LogP contribution in [0.2, 0.25) is 0 Å². The van der Waals surface area contributed by atoms with E-state index >= 15 is 0 Å². The van der Waals surface area contributed by atoms with E-state index in [0.29, 0.717) is 0 Å². The zero-order valence-electron chi connectivity index (χ0n) is 12.6. The molecule has 1 saturated heterocycles. The van der Waals surface area contributed by atoms with Crippen molar-refractivity contribution >= 4 is 0 Å². The maximum absolute atomic E-state index is 3.29. The van der Waals surface area contributed by atoms with Crippen molar-refractivity contribution in [2.75, 3.05) is 26.7 Å². The Morgan fingerprint density at radius 2 is 1.78 bits per heavy atom. The Bertz CT molecular complexity index is 233. The average Bonchev–Trinajstić information content (AvgIpc) is 2.40. The number of nitrogens with one attached hydrogen (secondary N) is 1. The van der Waals surface area contributed by atoms with Gasteiger partial charge in [0.25, 0.3) is 0 Å². The van der Waals surface area contributed by atoms with Crippen LogP contribution in [0.25, 0.3) is 0 Å². The highest BCUT2D eigenvalue weighted by Gasteiger charge is 2.32. The molecule has 2 heteroatoms. The molecule has 2 nitrogen and oxygen atoms in total. The van der Waals surface area contributed by atoms with Gasteiger partial charge in [-0.15, -0.1) is 0 Å². The average molecular weight is 252 g/mol. The van der Waals surface area contributed by atoms with Crippen LogP contribution >= 0.6 is 0 Å². The molecule has 3 unspecified atom stereocenters. The number of rotatable bonds is 4. The molecule has 2 aliphatic rings. The largest absolute Gasteiger partial charge is 0.320 e. The number of likely N-dealkylation sites (tertiary alicyclic amines) is 1. The van der Waals surface area contributed by atoms with Crippen molar-refractivity contribution in [3.63, 3.8) is 0 Å². The minimum Gasteiger partial charge on any atom is -0.320 e. The monoisotopic (exact) mass is 252 g/mol. The van der Waals surface area contributed by atoms with E-state index in [1.807, 2.05) is 0 Å². The summed E-state index contributed by atoms with van der Waals surface area (Å²) in [6.07, 6.45) is 8.59. The zero-order valence-corrected chi connectivity index (χ0v) is 12.6. The first kappa shape index (κ1) is 14.3. The molecule has 0 aromatic rings. The maximum atomic E-state index is 3.29. The van der Waals surface area contributed by atoms with Crippen molar-refractivity contribution in [2.45, 2.75) is 58.4 Å². The van der Waals surface area contributed by atoms with E-state index in [1.54, 1.807) is 0 Å². The molecule has 2 rings (SSSR count). The van der Waals surface area contributed by atoms with Crippen LogP contribution in [0.1, 0.15) is 52.4 Å². The minimum atomic E-state index is 0.888. The summed E-state index contributed by atoms with van der Waals surface area (Å²) < 4.78 is 0. The quantitative estimate of drug-likeness (QED) is 0.827. The second-order valence-electron chi connectivity index (χ2n) is 6.83. The fourth-order valence-electron chi connectivity index (χ4n) is 3.93. The summed E-state index contributed by atoms with van der Waals surface area (Å²) in [7, 11) is 2.07. The van der Waals surface area contributed by atoms with Crippen LogP contribution in [0.5, 0.6) is 0 Å². The van der Waals surface area contributed by atoms with Crippen molar-refractivity contribution in [2.24, 2.45) is 17.8 Å². The van der Waals surface area contributed by atoms with Gasteiger partial charge in [-0.2, -0.15) is 0 Å². The molecule has 1 heterocycles. The summed E-state index contributed by atoms with van der Waals surface area (Å²) in [4.78, 5) is 2.82. The Balaban J connectivity index is 1.77. The SMILES string of the molecule is CNCCC1CCN(C2CC(C)CCC2C)CC1. The Morgan fingerprint density at radius 1 is 1.06 bits per heavy atom. The molecular weight excluding hydrogens is 220 g/mol. The number of hydrogen-bond donors (Lipinski definition) is 1. The molecule has 1 aliphatic carbocycles. The molecule has 0 radical (unpaired) electrons. The lowest BCUT2D eigenvalue weighted by Crippen LogP contribution is -2.47. The summed E-state index contributed by atoms with van der Waals surface area (Å²) in [5.74, 6) is 2.85. The predicted molar refractivity (Wildman–Crippen MR) is 78.8 cm³/mol. The van der Waals surface area contributed by atoms with Gasteiger partial charge in [0.15, 0.2) is 0 Å². The molecule has 0 amide bonds. The third-order valence-corrected chi connectivity index (χ3v) is 5.34. The summed E-state index contributed by atoms with van der Waals surface area (Å²) in [6.45, 7) is 8.83.